The molecular weight excluding hydrogens is 240 g/mol. The monoisotopic (exact) mass is 254 g/mol. The zero-order valence-corrected chi connectivity index (χ0v) is 10.4. The summed E-state index contributed by atoms with van der Waals surface area (Å²) in [6.07, 6.45) is 3.19. The summed E-state index contributed by atoms with van der Waals surface area (Å²) < 4.78 is 0. The quantitative estimate of drug-likeness (QED) is 0.784. The normalized spacial score (nSPS) is 18.7. The second-order valence-corrected chi connectivity index (χ2v) is 4.81. The summed E-state index contributed by atoms with van der Waals surface area (Å²) in [5.41, 5.74) is -0.331. The van der Waals surface area contributed by atoms with Crippen molar-refractivity contribution in [3.63, 3.8) is 0 Å². The second-order valence-electron chi connectivity index (χ2n) is 4.48. The molecule has 0 bridgehead atoms. The highest BCUT2D eigenvalue weighted by Crippen LogP contribution is 2.29. The fraction of sp³-hybridized carbons (Fsp3) is 0.545. The van der Waals surface area contributed by atoms with Gasteiger partial charge in [-0.1, -0.05) is 6.92 Å². The van der Waals surface area contributed by atoms with Gasteiger partial charge in [-0.05, 0) is 43.6 Å². The summed E-state index contributed by atoms with van der Waals surface area (Å²) in [6, 6.07) is 1.63. The van der Waals surface area contributed by atoms with Crippen LogP contribution in [0.15, 0.2) is 12.3 Å². The van der Waals surface area contributed by atoms with Gasteiger partial charge in [-0.2, -0.15) is 0 Å². The Balaban J connectivity index is 2.05. The number of hydrogen-bond donors (Lipinski definition) is 2. The molecule has 0 saturated carbocycles. The maximum atomic E-state index is 12.2. The predicted molar refractivity (Wildman–Crippen MR) is 65.9 cm³/mol. The van der Waals surface area contributed by atoms with Crippen LogP contribution in [0.2, 0.25) is 5.28 Å². The summed E-state index contributed by atoms with van der Waals surface area (Å²) >= 11 is 5.67. The molecule has 0 atom stereocenters. The molecule has 1 aromatic heterocycles. The number of carbonyl (C=O) groups excluding carboxylic acids is 1. The maximum Gasteiger partial charge on any atom is 0.231 e. The van der Waals surface area contributed by atoms with Gasteiger partial charge < -0.3 is 10.6 Å². The molecule has 0 radical (unpaired) electrons. The van der Waals surface area contributed by atoms with Gasteiger partial charge in [-0.25, -0.2) is 9.97 Å². The zero-order valence-electron chi connectivity index (χ0n) is 9.66. The van der Waals surface area contributed by atoms with E-state index in [0.29, 0.717) is 5.82 Å². The first-order valence-corrected chi connectivity index (χ1v) is 5.99. The van der Waals surface area contributed by atoms with Gasteiger partial charge in [0.1, 0.15) is 5.82 Å². The number of amides is 1. The van der Waals surface area contributed by atoms with E-state index in [0.717, 1.165) is 25.9 Å². The van der Waals surface area contributed by atoms with Crippen LogP contribution in [0.1, 0.15) is 19.8 Å². The lowest BCUT2D eigenvalue weighted by Crippen LogP contribution is -2.42. The van der Waals surface area contributed by atoms with E-state index in [-0.39, 0.29) is 16.6 Å². The van der Waals surface area contributed by atoms with E-state index in [4.69, 9.17) is 11.6 Å². The molecule has 1 saturated heterocycles. The fourth-order valence-corrected chi connectivity index (χ4v) is 2.02. The van der Waals surface area contributed by atoms with Crippen molar-refractivity contribution in [3.8, 4) is 0 Å². The third-order valence-corrected chi connectivity index (χ3v) is 3.31. The predicted octanol–water partition coefficient (Wildman–Crippen LogP) is 1.46. The molecule has 1 amide bonds. The summed E-state index contributed by atoms with van der Waals surface area (Å²) in [4.78, 5) is 19.9. The molecule has 1 aliphatic heterocycles. The molecule has 5 nitrogen and oxygen atoms in total. The number of piperidine rings is 1. The van der Waals surface area contributed by atoms with Crippen LogP contribution in [0.3, 0.4) is 0 Å². The largest absolute Gasteiger partial charge is 0.317 e. The number of nitrogens with zero attached hydrogens (tertiary/aromatic N) is 2. The second kappa shape index (κ2) is 4.98. The van der Waals surface area contributed by atoms with Crippen molar-refractivity contribution < 1.29 is 4.79 Å². The molecule has 0 spiro atoms. The fourth-order valence-electron chi connectivity index (χ4n) is 1.88. The van der Waals surface area contributed by atoms with Crippen molar-refractivity contribution in [2.75, 3.05) is 18.4 Å². The standard InChI is InChI=1S/C11H15ClN4O/c1-11(3-6-13-7-4-11)9(17)15-8-2-5-14-10(12)16-8/h2,5,13H,3-4,6-7H2,1H3,(H,14,15,16,17). The lowest BCUT2D eigenvalue weighted by molar-refractivity contribution is -0.126. The lowest BCUT2D eigenvalue weighted by atomic mass is 9.80. The van der Waals surface area contributed by atoms with Crippen LogP contribution >= 0.6 is 11.6 Å². The molecule has 6 heteroatoms. The first-order valence-electron chi connectivity index (χ1n) is 5.61. The Morgan fingerprint density at radius 2 is 2.24 bits per heavy atom. The summed E-state index contributed by atoms with van der Waals surface area (Å²) in [6.45, 7) is 3.72. The van der Waals surface area contributed by atoms with Gasteiger partial charge in [0.25, 0.3) is 0 Å². The molecule has 92 valence electrons. The molecule has 2 heterocycles. The van der Waals surface area contributed by atoms with Crippen molar-refractivity contribution in [2.24, 2.45) is 5.41 Å². The minimum absolute atomic E-state index is 0.00577. The highest BCUT2D eigenvalue weighted by Gasteiger charge is 2.34. The Labute approximate surface area is 105 Å². The Hall–Kier alpha value is -1.20. The van der Waals surface area contributed by atoms with E-state index in [9.17, 15) is 4.79 Å². The topological polar surface area (TPSA) is 66.9 Å². The van der Waals surface area contributed by atoms with E-state index >= 15 is 0 Å². The van der Waals surface area contributed by atoms with Crippen LogP contribution in [0.4, 0.5) is 5.82 Å². The smallest absolute Gasteiger partial charge is 0.231 e. The third kappa shape index (κ3) is 2.92. The molecule has 1 aliphatic rings. The Morgan fingerprint density at radius 1 is 1.53 bits per heavy atom. The molecule has 2 rings (SSSR count). The highest BCUT2D eigenvalue weighted by atomic mass is 35.5. The van der Waals surface area contributed by atoms with Crippen molar-refractivity contribution in [2.45, 2.75) is 19.8 Å². The zero-order chi connectivity index (χ0) is 12.3. The molecule has 0 aromatic carbocycles. The van der Waals surface area contributed by atoms with Crippen LogP contribution in [-0.2, 0) is 4.79 Å². The number of hydrogen-bond acceptors (Lipinski definition) is 4. The van der Waals surface area contributed by atoms with Gasteiger partial charge in [-0.3, -0.25) is 4.79 Å². The van der Waals surface area contributed by atoms with Crippen LogP contribution in [0, 0.1) is 5.41 Å². The van der Waals surface area contributed by atoms with Gasteiger partial charge in [0, 0.05) is 11.6 Å². The summed E-state index contributed by atoms with van der Waals surface area (Å²) in [5, 5.41) is 6.17. The minimum atomic E-state index is -0.331. The van der Waals surface area contributed by atoms with Crippen LogP contribution in [0.5, 0.6) is 0 Å². The number of halogens is 1. The Morgan fingerprint density at radius 3 is 2.88 bits per heavy atom. The molecule has 1 fully saturated rings. The minimum Gasteiger partial charge on any atom is -0.317 e. The molecule has 0 unspecified atom stereocenters. The third-order valence-electron chi connectivity index (χ3n) is 3.12. The summed E-state index contributed by atoms with van der Waals surface area (Å²) in [7, 11) is 0. The number of carbonyl (C=O) groups is 1. The molecule has 17 heavy (non-hydrogen) atoms. The number of aromatic nitrogens is 2. The van der Waals surface area contributed by atoms with Gasteiger partial charge in [0.05, 0.1) is 0 Å². The van der Waals surface area contributed by atoms with Crippen molar-refractivity contribution >= 4 is 23.3 Å². The average Bonchev–Trinajstić information content (AvgIpc) is 2.30. The van der Waals surface area contributed by atoms with Crippen molar-refractivity contribution in [1.29, 1.82) is 0 Å². The van der Waals surface area contributed by atoms with Gasteiger partial charge in [-0.15, -0.1) is 0 Å². The Kier molecular flexibility index (Phi) is 3.59. The van der Waals surface area contributed by atoms with Crippen molar-refractivity contribution in [1.82, 2.24) is 15.3 Å². The molecule has 0 aliphatic carbocycles. The molecule has 1 aromatic rings. The first kappa shape index (κ1) is 12.3. The van der Waals surface area contributed by atoms with E-state index < -0.39 is 0 Å². The Bertz CT molecular complexity index is 418. The average molecular weight is 255 g/mol. The maximum absolute atomic E-state index is 12.2. The number of rotatable bonds is 2. The van der Waals surface area contributed by atoms with Crippen molar-refractivity contribution in [3.05, 3.63) is 17.5 Å². The lowest BCUT2D eigenvalue weighted by Gasteiger charge is -2.32. The van der Waals surface area contributed by atoms with E-state index in [1.807, 2.05) is 6.92 Å². The van der Waals surface area contributed by atoms with Crippen LogP contribution in [-0.4, -0.2) is 29.0 Å². The van der Waals surface area contributed by atoms with E-state index in [1.165, 1.54) is 6.20 Å². The SMILES string of the molecule is CC1(C(=O)Nc2ccnc(Cl)n2)CCNCC1. The van der Waals surface area contributed by atoms with E-state index in [2.05, 4.69) is 20.6 Å². The molecular formula is C11H15ClN4O. The number of anilines is 1. The van der Waals surface area contributed by atoms with Crippen LogP contribution < -0.4 is 10.6 Å². The first-order chi connectivity index (χ1) is 8.10. The van der Waals surface area contributed by atoms with Crippen LogP contribution in [0.25, 0.3) is 0 Å². The summed E-state index contributed by atoms with van der Waals surface area (Å²) in [5.74, 6) is 0.448. The number of nitrogens with one attached hydrogen (secondary N) is 2. The van der Waals surface area contributed by atoms with E-state index in [1.54, 1.807) is 6.07 Å². The highest BCUT2D eigenvalue weighted by molar-refractivity contribution is 6.28. The van der Waals surface area contributed by atoms with Gasteiger partial charge in [0.2, 0.25) is 11.2 Å². The van der Waals surface area contributed by atoms with Gasteiger partial charge >= 0.3 is 0 Å². The molecule has 2 N–H and O–H groups in total. The van der Waals surface area contributed by atoms with Gasteiger partial charge in [0.15, 0.2) is 0 Å².